The monoisotopic (exact) mass is 412 g/mol. The number of rotatable bonds is 8. The van der Waals surface area contributed by atoms with Gasteiger partial charge in [0.2, 0.25) is 17.7 Å². The minimum absolute atomic E-state index is 0.000869. The molecule has 1 rings (SSSR count). The van der Waals surface area contributed by atoms with Gasteiger partial charge in [0.1, 0.15) is 6.04 Å². The summed E-state index contributed by atoms with van der Waals surface area (Å²) >= 11 is 0. The van der Waals surface area contributed by atoms with Gasteiger partial charge in [-0.1, -0.05) is 34.6 Å². The summed E-state index contributed by atoms with van der Waals surface area (Å²) in [6.07, 6.45) is 2.07. The van der Waals surface area contributed by atoms with E-state index in [9.17, 15) is 19.6 Å². The summed E-state index contributed by atoms with van der Waals surface area (Å²) in [5.41, 5.74) is 1.30. The molecule has 0 aromatic rings. The molecule has 8 heteroatoms. The maximum atomic E-state index is 13.4. The third-order valence-electron chi connectivity index (χ3n) is 5.84. The van der Waals surface area contributed by atoms with Crippen molar-refractivity contribution >= 4 is 17.7 Å². The van der Waals surface area contributed by atoms with Crippen molar-refractivity contribution in [2.75, 3.05) is 27.2 Å². The molecule has 4 N–H and O–H groups in total. The molecule has 29 heavy (non-hydrogen) atoms. The predicted octanol–water partition coefficient (Wildman–Crippen LogP) is 1.39. The first-order chi connectivity index (χ1) is 13.4. The van der Waals surface area contributed by atoms with Crippen molar-refractivity contribution in [2.45, 2.75) is 59.9 Å². The molecular weight excluding hydrogens is 372 g/mol. The maximum Gasteiger partial charge on any atom is 0.247 e. The quantitative estimate of drug-likeness (QED) is 0.356. The van der Waals surface area contributed by atoms with Gasteiger partial charge in [-0.15, -0.1) is 0 Å². The van der Waals surface area contributed by atoms with Gasteiger partial charge in [-0.2, -0.15) is 0 Å². The van der Waals surface area contributed by atoms with Crippen LogP contribution in [0.25, 0.3) is 0 Å². The fourth-order valence-electron chi connectivity index (χ4n) is 4.18. The third kappa shape index (κ3) is 7.26. The Morgan fingerprint density at radius 3 is 2.03 bits per heavy atom. The number of hydrogen-bond acceptors (Lipinski definition) is 5. The Bertz CT molecular complexity index is 566. The summed E-state index contributed by atoms with van der Waals surface area (Å²) < 4.78 is 0. The van der Waals surface area contributed by atoms with Crippen LogP contribution in [0.4, 0.5) is 0 Å². The number of likely N-dealkylation sites (tertiary alicyclic amines) is 1. The van der Waals surface area contributed by atoms with Gasteiger partial charge in [0.15, 0.2) is 0 Å². The number of likely N-dealkylation sites (N-methyl/N-ethyl adjacent to an activating group) is 1. The number of piperidine rings is 1. The second-order valence-corrected chi connectivity index (χ2v) is 9.80. The molecule has 3 atom stereocenters. The van der Waals surface area contributed by atoms with Crippen molar-refractivity contribution in [1.82, 2.24) is 21.0 Å². The minimum atomic E-state index is -0.718. The highest BCUT2D eigenvalue weighted by atomic mass is 16.5. The number of nitrogens with zero attached hydrogens (tertiary/aromatic N) is 1. The summed E-state index contributed by atoms with van der Waals surface area (Å²) in [6.45, 7) is 11.4. The van der Waals surface area contributed by atoms with Crippen LogP contribution in [-0.4, -0.2) is 61.1 Å². The Labute approximate surface area is 175 Å². The highest BCUT2D eigenvalue weighted by Gasteiger charge is 2.42. The minimum Gasteiger partial charge on any atom is -0.357 e. The van der Waals surface area contributed by atoms with Gasteiger partial charge < -0.3 is 15.5 Å². The SMILES string of the molecule is CNC(=O)[C@@H](NC(=O)C(CC(C)C)[C@@H](C(=O)NO)C1CCN(C)CC1)C(C)(C)C. The first kappa shape index (κ1) is 25.4. The summed E-state index contributed by atoms with van der Waals surface area (Å²) in [5.74, 6) is -2.18. The average molecular weight is 413 g/mol. The number of hydroxylamine groups is 1. The normalized spacial score (nSPS) is 19.3. The van der Waals surface area contributed by atoms with E-state index in [1.807, 2.05) is 41.7 Å². The molecule has 0 radical (unpaired) electrons. The summed E-state index contributed by atoms with van der Waals surface area (Å²) in [6, 6.07) is -0.718. The van der Waals surface area contributed by atoms with Gasteiger partial charge in [-0.05, 0) is 56.7 Å². The zero-order valence-electron chi connectivity index (χ0n) is 19.0. The van der Waals surface area contributed by atoms with Gasteiger partial charge in [0, 0.05) is 7.05 Å². The number of nitrogens with one attached hydrogen (secondary N) is 3. The molecule has 0 aromatic heterocycles. The summed E-state index contributed by atoms with van der Waals surface area (Å²) in [7, 11) is 3.58. The molecule has 1 aliphatic heterocycles. The summed E-state index contributed by atoms with van der Waals surface area (Å²) in [4.78, 5) is 40.6. The Morgan fingerprint density at radius 1 is 1.07 bits per heavy atom. The van der Waals surface area contributed by atoms with Crippen LogP contribution >= 0.6 is 0 Å². The summed E-state index contributed by atoms with van der Waals surface area (Å²) in [5, 5.41) is 14.9. The van der Waals surface area contributed by atoms with E-state index in [1.165, 1.54) is 0 Å². The van der Waals surface area contributed by atoms with Crippen molar-refractivity contribution in [3.8, 4) is 0 Å². The largest absolute Gasteiger partial charge is 0.357 e. The number of hydrogen-bond donors (Lipinski definition) is 4. The molecule has 0 saturated carbocycles. The van der Waals surface area contributed by atoms with Crippen LogP contribution in [-0.2, 0) is 14.4 Å². The molecular formula is C21H40N4O4. The predicted molar refractivity (Wildman–Crippen MR) is 112 cm³/mol. The Kier molecular flexibility index (Phi) is 9.55. The third-order valence-corrected chi connectivity index (χ3v) is 5.84. The van der Waals surface area contributed by atoms with E-state index in [4.69, 9.17) is 0 Å². The van der Waals surface area contributed by atoms with E-state index >= 15 is 0 Å². The molecule has 168 valence electrons. The molecule has 1 aliphatic rings. The Balaban J connectivity index is 3.20. The lowest BCUT2D eigenvalue weighted by Gasteiger charge is -2.38. The molecule has 0 aliphatic carbocycles. The van der Waals surface area contributed by atoms with Crippen molar-refractivity contribution < 1.29 is 19.6 Å². The zero-order valence-corrected chi connectivity index (χ0v) is 19.0. The zero-order chi connectivity index (χ0) is 22.4. The van der Waals surface area contributed by atoms with E-state index in [2.05, 4.69) is 15.5 Å². The number of carbonyl (C=O) groups excluding carboxylic acids is 3. The van der Waals surface area contributed by atoms with Gasteiger partial charge in [-0.3, -0.25) is 19.6 Å². The molecule has 1 saturated heterocycles. The molecule has 8 nitrogen and oxygen atoms in total. The molecule has 0 aromatic carbocycles. The molecule has 0 spiro atoms. The molecule has 1 heterocycles. The fourth-order valence-corrected chi connectivity index (χ4v) is 4.18. The lowest BCUT2D eigenvalue weighted by molar-refractivity contribution is -0.145. The lowest BCUT2D eigenvalue weighted by Crippen LogP contribution is -2.56. The van der Waals surface area contributed by atoms with Crippen LogP contribution in [0.3, 0.4) is 0 Å². The van der Waals surface area contributed by atoms with Gasteiger partial charge in [-0.25, -0.2) is 5.48 Å². The second kappa shape index (κ2) is 10.9. The Hall–Kier alpha value is -1.67. The van der Waals surface area contributed by atoms with E-state index in [1.54, 1.807) is 12.5 Å². The lowest BCUT2D eigenvalue weighted by atomic mass is 9.72. The maximum absolute atomic E-state index is 13.4. The van der Waals surface area contributed by atoms with Crippen LogP contribution in [0.5, 0.6) is 0 Å². The van der Waals surface area contributed by atoms with Gasteiger partial charge in [0.25, 0.3) is 0 Å². The van der Waals surface area contributed by atoms with Gasteiger partial charge in [0.05, 0.1) is 11.8 Å². The van der Waals surface area contributed by atoms with Crippen LogP contribution in [0.1, 0.15) is 53.9 Å². The van der Waals surface area contributed by atoms with E-state index < -0.39 is 29.2 Å². The molecule has 1 unspecified atom stereocenters. The Morgan fingerprint density at radius 2 is 1.62 bits per heavy atom. The van der Waals surface area contributed by atoms with Gasteiger partial charge >= 0.3 is 0 Å². The highest BCUT2D eigenvalue weighted by molar-refractivity contribution is 5.91. The topological polar surface area (TPSA) is 111 Å². The molecule has 0 bridgehead atoms. The van der Waals surface area contributed by atoms with Crippen molar-refractivity contribution in [3.05, 3.63) is 0 Å². The van der Waals surface area contributed by atoms with Crippen molar-refractivity contribution in [2.24, 2.45) is 29.1 Å². The first-order valence-corrected chi connectivity index (χ1v) is 10.6. The highest BCUT2D eigenvalue weighted by Crippen LogP contribution is 2.34. The van der Waals surface area contributed by atoms with Crippen molar-refractivity contribution in [3.63, 3.8) is 0 Å². The van der Waals surface area contributed by atoms with E-state index in [-0.39, 0.29) is 23.7 Å². The van der Waals surface area contributed by atoms with Crippen LogP contribution in [0.15, 0.2) is 0 Å². The fraction of sp³-hybridized carbons (Fsp3) is 0.857. The van der Waals surface area contributed by atoms with Crippen LogP contribution in [0, 0.1) is 29.1 Å². The van der Waals surface area contributed by atoms with E-state index in [0.717, 1.165) is 25.9 Å². The molecule has 1 fully saturated rings. The van der Waals surface area contributed by atoms with Crippen LogP contribution in [0.2, 0.25) is 0 Å². The van der Waals surface area contributed by atoms with E-state index in [0.29, 0.717) is 6.42 Å². The smallest absolute Gasteiger partial charge is 0.247 e. The number of carbonyl (C=O) groups is 3. The molecule has 3 amide bonds. The van der Waals surface area contributed by atoms with Crippen molar-refractivity contribution in [1.29, 1.82) is 0 Å². The standard InChI is InChI=1S/C21H40N4O4/c1-13(2)12-15(18(26)23-17(20(28)22-6)21(3,4)5)16(19(27)24-29)14-8-10-25(7)11-9-14/h13-17,29H,8-12H2,1-7H3,(H,22,28)(H,23,26)(H,24,27)/t15?,16-,17+/m0/s1. The van der Waals surface area contributed by atoms with Crippen LogP contribution < -0.4 is 16.1 Å². The number of amides is 3. The first-order valence-electron chi connectivity index (χ1n) is 10.6. The second-order valence-electron chi connectivity index (χ2n) is 9.80. The average Bonchev–Trinajstić information content (AvgIpc) is 2.64.